The molecule has 1 saturated heterocycles. The normalized spacial score (nSPS) is 21.6. The van der Waals surface area contributed by atoms with E-state index in [1.165, 1.54) is 6.42 Å². The topological polar surface area (TPSA) is 46.3 Å². The highest BCUT2D eigenvalue weighted by Gasteiger charge is 2.28. The quantitative estimate of drug-likeness (QED) is 0.806. The van der Waals surface area contributed by atoms with Gasteiger partial charge in [-0.3, -0.25) is 4.79 Å². The number of likely N-dealkylation sites (tertiary alicyclic amines) is 1. The summed E-state index contributed by atoms with van der Waals surface area (Å²) in [5.41, 5.74) is 8.03. The molecule has 1 heterocycles. The number of carbonyl (C=O) groups is 1. The summed E-state index contributed by atoms with van der Waals surface area (Å²) >= 11 is 0. The van der Waals surface area contributed by atoms with Crippen molar-refractivity contribution in [3.8, 4) is 11.8 Å². The Bertz CT molecular complexity index is 583. The molecule has 0 bridgehead atoms. The number of piperidine rings is 1. The molecule has 0 aromatic heterocycles. The Hall–Kier alpha value is -1.79. The van der Waals surface area contributed by atoms with Crippen LogP contribution >= 0.6 is 0 Å². The zero-order valence-electron chi connectivity index (χ0n) is 13.1. The SMILES string of the molecule is Cc1c(C#CCN)cccc1C(=O)N1CC(C)CCC1C. The molecule has 2 rings (SSSR count). The van der Waals surface area contributed by atoms with E-state index in [1.807, 2.05) is 30.0 Å². The van der Waals surface area contributed by atoms with E-state index < -0.39 is 0 Å². The van der Waals surface area contributed by atoms with Crippen LogP contribution in [0.25, 0.3) is 0 Å². The molecule has 21 heavy (non-hydrogen) atoms. The Labute approximate surface area is 127 Å². The summed E-state index contributed by atoms with van der Waals surface area (Å²) in [6.45, 7) is 7.49. The molecule has 0 saturated carbocycles. The van der Waals surface area contributed by atoms with Crippen molar-refractivity contribution in [2.24, 2.45) is 11.7 Å². The van der Waals surface area contributed by atoms with Gasteiger partial charge in [0.05, 0.1) is 6.54 Å². The van der Waals surface area contributed by atoms with Gasteiger partial charge in [-0.1, -0.05) is 24.8 Å². The van der Waals surface area contributed by atoms with E-state index in [4.69, 9.17) is 5.73 Å². The van der Waals surface area contributed by atoms with Crippen molar-refractivity contribution in [1.29, 1.82) is 0 Å². The van der Waals surface area contributed by atoms with Crippen molar-refractivity contribution < 1.29 is 4.79 Å². The van der Waals surface area contributed by atoms with Gasteiger partial charge < -0.3 is 10.6 Å². The van der Waals surface area contributed by atoms with E-state index in [0.29, 0.717) is 18.5 Å². The first-order valence-corrected chi connectivity index (χ1v) is 7.64. The molecule has 1 amide bonds. The summed E-state index contributed by atoms with van der Waals surface area (Å²) in [4.78, 5) is 14.9. The predicted octanol–water partition coefficient (Wildman–Crippen LogP) is 2.57. The fourth-order valence-electron chi connectivity index (χ4n) is 2.88. The molecule has 1 aromatic rings. The van der Waals surface area contributed by atoms with Crippen LogP contribution in [0.3, 0.4) is 0 Å². The molecule has 112 valence electrons. The van der Waals surface area contributed by atoms with Gasteiger partial charge in [-0.2, -0.15) is 0 Å². The van der Waals surface area contributed by atoms with Crippen molar-refractivity contribution in [2.75, 3.05) is 13.1 Å². The van der Waals surface area contributed by atoms with Crippen molar-refractivity contribution >= 4 is 5.91 Å². The Morgan fingerprint density at radius 1 is 1.38 bits per heavy atom. The fraction of sp³-hybridized carbons (Fsp3) is 0.500. The fourth-order valence-corrected chi connectivity index (χ4v) is 2.88. The third-order valence-electron chi connectivity index (χ3n) is 4.27. The smallest absolute Gasteiger partial charge is 0.254 e. The maximum absolute atomic E-state index is 12.9. The zero-order valence-corrected chi connectivity index (χ0v) is 13.1. The first-order valence-electron chi connectivity index (χ1n) is 7.64. The molecule has 1 aliphatic heterocycles. The maximum Gasteiger partial charge on any atom is 0.254 e. The van der Waals surface area contributed by atoms with Crippen LogP contribution in [0.15, 0.2) is 18.2 Å². The second-order valence-corrected chi connectivity index (χ2v) is 5.97. The number of rotatable bonds is 1. The number of nitrogens with zero attached hydrogens (tertiary/aromatic N) is 1. The molecular weight excluding hydrogens is 260 g/mol. The zero-order chi connectivity index (χ0) is 15.4. The van der Waals surface area contributed by atoms with Crippen LogP contribution in [0.1, 0.15) is 48.2 Å². The predicted molar refractivity (Wildman–Crippen MR) is 86.0 cm³/mol. The molecule has 1 aromatic carbocycles. The van der Waals surface area contributed by atoms with E-state index in [1.54, 1.807) is 0 Å². The van der Waals surface area contributed by atoms with Crippen molar-refractivity contribution in [1.82, 2.24) is 4.90 Å². The molecule has 1 fully saturated rings. The van der Waals surface area contributed by atoms with Crippen LogP contribution in [0.2, 0.25) is 0 Å². The van der Waals surface area contributed by atoms with E-state index in [-0.39, 0.29) is 5.91 Å². The summed E-state index contributed by atoms with van der Waals surface area (Å²) in [7, 11) is 0. The molecule has 0 aliphatic carbocycles. The lowest BCUT2D eigenvalue weighted by atomic mass is 9.93. The Morgan fingerprint density at radius 2 is 2.14 bits per heavy atom. The molecule has 1 aliphatic rings. The second-order valence-electron chi connectivity index (χ2n) is 5.97. The molecular formula is C18H24N2O. The largest absolute Gasteiger partial charge is 0.336 e. The highest BCUT2D eigenvalue weighted by Crippen LogP contribution is 2.24. The minimum absolute atomic E-state index is 0.128. The van der Waals surface area contributed by atoms with Gasteiger partial charge in [0.25, 0.3) is 5.91 Å². The molecule has 3 heteroatoms. The summed E-state index contributed by atoms with van der Waals surface area (Å²) in [6.07, 6.45) is 2.28. The van der Waals surface area contributed by atoms with Crippen LogP contribution in [0, 0.1) is 24.7 Å². The van der Waals surface area contributed by atoms with Gasteiger partial charge in [-0.15, -0.1) is 0 Å². The van der Waals surface area contributed by atoms with Crippen LogP contribution in [-0.4, -0.2) is 29.9 Å². The van der Waals surface area contributed by atoms with Gasteiger partial charge in [0.1, 0.15) is 0 Å². The molecule has 2 N–H and O–H groups in total. The van der Waals surface area contributed by atoms with Crippen molar-refractivity contribution in [3.05, 3.63) is 34.9 Å². The number of carbonyl (C=O) groups excluding carboxylic acids is 1. The third kappa shape index (κ3) is 3.46. The number of amides is 1. The highest BCUT2D eigenvalue weighted by atomic mass is 16.2. The van der Waals surface area contributed by atoms with Gasteiger partial charge >= 0.3 is 0 Å². The minimum Gasteiger partial charge on any atom is -0.336 e. The van der Waals surface area contributed by atoms with E-state index >= 15 is 0 Å². The molecule has 2 atom stereocenters. The Kier molecular flexibility index (Phi) is 5.03. The lowest BCUT2D eigenvalue weighted by Gasteiger charge is -2.37. The van der Waals surface area contributed by atoms with E-state index in [0.717, 1.165) is 29.7 Å². The first kappa shape index (κ1) is 15.6. The molecule has 0 spiro atoms. The lowest BCUT2D eigenvalue weighted by molar-refractivity contribution is 0.0573. The lowest BCUT2D eigenvalue weighted by Crippen LogP contribution is -2.45. The summed E-state index contributed by atoms with van der Waals surface area (Å²) in [5, 5.41) is 0. The van der Waals surface area contributed by atoms with Gasteiger partial charge in [0.15, 0.2) is 0 Å². The first-order chi connectivity index (χ1) is 10.0. The standard InChI is InChI=1S/C18H24N2O/c1-13-9-10-14(2)20(12-13)18(21)17-8-4-6-16(15(17)3)7-5-11-19/h4,6,8,13-14H,9-12,19H2,1-3H3. The van der Waals surface area contributed by atoms with Gasteiger partial charge in [0, 0.05) is 23.7 Å². The second kappa shape index (κ2) is 6.78. The van der Waals surface area contributed by atoms with Crippen LogP contribution in [0.4, 0.5) is 0 Å². The average Bonchev–Trinajstić information content (AvgIpc) is 2.48. The summed E-state index contributed by atoms with van der Waals surface area (Å²) in [6, 6.07) is 6.06. The van der Waals surface area contributed by atoms with Crippen LogP contribution in [0.5, 0.6) is 0 Å². The average molecular weight is 284 g/mol. The number of benzene rings is 1. The molecule has 2 unspecified atom stereocenters. The van der Waals surface area contributed by atoms with Crippen molar-refractivity contribution in [3.63, 3.8) is 0 Å². The van der Waals surface area contributed by atoms with E-state index in [2.05, 4.69) is 25.7 Å². The van der Waals surface area contributed by atoms with Gasteiger partial charge in [0.2, 0.25) is 0 Å². The van der Waals surface area contributed by atoms with Crippen molar-refractivity contribution in [2.45, 2.75) is 39.7 Å². The molecule has 3 nitrogen and oxygen atoms in total. The van der Waals surface area contributed by atoms with E-state index in [9.17, 15) is 4.79 Å². The summed E-state index contributed by atoms with van der Waals surface area (Å²) in [5.74, 6) is 6.61. The number of hydrogen-bond acceptors (Lipinski definition) is 2. The van der Waals surface area contributed by atoms with Crippen LogP contribution < -0.4 is 5.73 Å². The highest BCUT2D eigenvalue weighted by molar-refractivity contribution is 5.96. The van der Waals surface area contributed by atoms with Gasteiger partial charge in [-0.25, -0.2) is 0 Å². The maximum atomic E-state index is 12.9. The van der Waals surface area contributed by atoms with Crippen LogP contribution in [-0.2, 0) is 0 Å². The molecule has 0 radical (unpaired) electrons. The summed E-state index contributed by atoms with van der Waals surface area (Å²) < 4.78 is 0. The van der Waals surface area contributed by atoms with Gasteiger partial charge in [-0.05, 0) is 50.3 Å². The third-order valence-corrected chi connectivity index (χ3v) is 4.27. The minimum atomic E-state index is 0.128. The monoisotopic (exact) mass is 284 g/mol. The number of nitrogens with two attached hydrogens (primary N) is 1. The number of hydrogen-bond donors (Lipinski definition) is 1. The Balaban J connectivity index is 2.30. The Morgan fingerprint density at radius 3 is 2.86 bits per heavy atom.